The van der Waals surface area contributed by atoms with Crippen LogP contribution in [0.25, 0.3) is 0 Å². The average molecular weight is 419 g/mol. The third kappa shape index (κ3) is 6.36. The summed E-state index contributed by atoms with van der Waals surface area (Å²) in [5.41, 5.74) is 5.81. The molecule has 0 saturated carbocycles. The number of halogens is 1. The smallest absolute Gasteiger partial charge is 0.305 e. The number of likely N-dealkylation sites (tertiary alicyclic amines) is 1. The molecule has 1 aromatic rings. The van der Waals surface area contributed by atoms with E-state index in [9.17, 15) is 14.4 Å². The summed E-state index contributed by atoms with van der Waals surface area (Å²) in [6, 6.07) is 0. The first kappa shape index (κ1) is 22.6. The number of carbonyl (C=O) groups excluding carboxylic acids is 2. The van der Waals surface area contributed by atoms with Crippen LogP contribution >= 0.6 is 23.7 Å². The van der Waals surface area contributed by atoms with Crippen molar-refractivity contribution < 1.29 is 19.5 Å². The van der Waals surface area contributed by atoms with Crippen molar-refractivity contribution in [3.8, 4) is 0 Å². The SMILES string of the molecule is Cc1nc(NC(=N)N)sc1C(=O)N1CCCC(C(=O)NCCC(=O)O)C1.Cl. The molecule has 2 heterocycles. The van der Waals surface area contributed by atoms with E-state index in [-0.39, 0.29) is 55.6 Å². The van der Waals surface area contributed by atoms with Crippen molar-refractivity contribution in [1.29, 1.82) is 5.41 Å². The maximum absolute atomic E-state index is 12.8. The van der Waals surface area contributed by atoms with Crippen LogP contribution in [0, 0.1) is 18.3 Å². The van der Waals surface area contributed by atoms with Gasteiger partial charge in [-0.05, 0) is 19.8 Å². The number of hydrogen-bond acceptors (Lipinski definition) is 6. The van der Waals surface area contributed by atoms with Gasteiger partial charge < -0.3 is 26.4 Å². The average Bonchev–Trinajstić information content (AvgIpc) is 2.93. The molecule has 0 spiro atoms. The van der Waals surface area contributed by atoms with E-state index < -0.39 is 5.97 Å². The van der Waals surface area contributed by atoms with Crippen molar-refractivity contribution in [2.24, 2.45) is 11.7 Å². The molecule has 1 aliphatic rings. The number of carbonyl (C=O) groups is 3. The van der Waals surface area contributed by atoms with Gasteiger partial charge in [0, 0.05) is 19.6 Å². The Morgan fingerprint density at radius 1 is 1.44 bits per heavy atom. The van der Waals surface area contributed by atoms with Gasteiger partial charge in [0.1, 0.15) is 4.88 Å². The fourth-order valence-electron chi connectivity index (χ4n) is 2.72. The number of piperidine rings is 1. The van der Waals surface area contributed by atoms with Gasteiger partial charge in [0.25, 0.3) is 5.91 Å². The molecule has 10 nitrogen and oxygen atoms in total. The summed E-state index contributed by atoms with van der Waals surface area (Å²) in [6.07, 6.45) is 1.22. The Labute approximate surface area is 166 Å². The highest BCUT2D eigenvalue weighted by Gasteiger charge is 2.30. The fraction of sp³-hybridized carbons (Fsp3) is 0.533. The number of nitrogens with two attached hydrogens (primary N) is 1. The number of anilines is 1. The molecule has 0 aromatic carbocycles. The summed E-state index contributed by atoms with van der Waals surface area (Å²) in [5.74, 6) is -2.02. The third-order valence-electron chi connectivity index (χ3n) is 3.95. The molecule has 0 aliphatic carbocycles. The lowest BCUT2D eigenvalue weighted by Crippen LogP contribution is -2.45. The van der Waals surface area contributed by atoms with E-state index in [2.05, 4.69) is 15.6 Å². The molecule has 1 aliphatic heterocycles. The molecule has 150 valence electrons. The zero-order valence-corrected chi connectivity index (χ0v) is 16.4. The molecule has 1 aromatic heterocycles. The van der Waals surface area contributed by atoms with Gasteiger partial charge in [-0.3, -0.25) is 19.8 Å². The molecule has 2 amide bonds. The maximum atomic E-state index is 12.8. The molecule has 6 N–H and O–H groups in total. The standard InChI is InChI=1S/C15H22N6O4S.ClH/c1-8-11(26-15(19-8)20-14(16)17)13(25)21-6-2-3-9(7-21)12(24)18-5-4-10(22)23;/h9H,2-7H2,1H3,(H,18,24)(H,22,23)(H4,16,17,19,20);1H. The van der Waals surface area contributed by atoms with Gasteiger partial charge in [-0.1, -0.05) is 11.3 Å². The van der Waals surface area contributed by atoms with Gasteiger partial charge in [-0.25, -0.2) is 4.98 Å². The Morgan fingerprint density at radius 3 is 2.78 bits per heavy atom. The normalized spacial score (nSPS) is 16.2. The topological polar surface area (TPSA) is 162 Å². The molecule has 0 bridgehead atoms. The first-order valence-electron chi connectivity index (χ1n) is 8.15. The van der Waals surface area contributed by atoms with E-state index in [0.717, 1.165) is 11.3 Å². The summed E-state index contributed by atoms with van der Waals surface area (Å²) in [6.45, 7) is 2.61. The van der Waals surface area contributed by atoms with Gasteiger partial charge in [-0.15, -0.1) is 12.4 Å². The number of carboxylic acid groups (broad SMARTS) is 1. The number of amides is 2. The van der Waals surface area contributed by atoms with Crippen LogP contribution in [0.2, 0.25) is 0 Å². The van der Waals surface area contributed by atoms with Gasteiger partial charge in [0.05, 0.1) is 18.0 Å². The van der Waals surface area contributed by atoms with Crippen molar-refractivity contribution in [2.45, 2.75) is 26.2 Å². The molecule has 1 fully saturated rings. The molecular formula is C15H23ClN6O4S. The van der Waals surface area contributed by atoms with Crippen LogP contribution in [-0.2, 0) is 9.59 Å². The Bertz CT molecular complexity index is 725. The van der Waals surface area contributed by atoms with Crippen LogP contribution in [0.4, 0.5) is 5.13 Å². The number of aromatic nitrogens is 1. The fourth-order valence-corrected chi connectivity index (χ4v) is 3.67. The number of nitrogens with one attached hydrogen (secondary N) is 3. The van der Waals surface area contributed by atoms with Crippen molar-refractivity contribution in [3.05, 3.63) is 10.6 Å². The number of rotatable bonds is 6. The minimum Gasteiger partial charge on any atom is -0.481 e. The largest absolute Gasteiger partial charge is 0.481 e. The lowest BCUT2D eigenvalue weighted by Gasteiger charge is -2.31. The minimum absolute atomic E-state index is 0. The number of nitrogens with zero attached hydrogens (tertiary/aromatic N) is 2. The number of thiazole rings is 1. The van der Waals surface area contributed by atoms with Gasteiger partial charge >= 0.3 is 5.97 Å². The molecule has 2 rings (SSSR count). The number of aliphatic carboxylic acids is 1. The van der Waals surface area contributed by atoms with E-state index in [1.54, 1.807) is 11.8 Å². The first-order valence-corrected chi connectivity index (χ1v) is 8.96. The van der Waals surface area contributed by atoms with Crippen molar-refractivity contribution >= 4 is 52.6 Å². The van der Waals surface area contributed by atoms with E-state index in [4.69, 9.17) is 16.2 Å². The predicted molar refractivity (Wildman–Crippen MR) is 104 cm³/mol. The molecule has 0 radical (unpaired) electrons. The summed E-state index contributed by atoms with van der Waals surface area (Å²) in [5, 5.41) is 21.4. The van der Waals surface area contributed by atoms with Crippen LogP contribution in [0.15, 0.2) is 0 Å². The monoisotopic (exact) mass is 418 g/mol. The van der Waals surface area contributed by atoms with E-state index >= 15 is 0 Å². The summed E-state index contributed by atoms with van der Waals surface area (Å²) in [7, 11) is 0. The highest BCUT2D eigenvalue weighted by molar-refractivity contribution is 7.17. The zero-order valence-electron chi connectivity index (χ0n) is 14.8. The van der Waals surface area contributed by atoms with E-state index in [1.807, 2.05) is 0 Å². The molecule has 1 atom stereocenters. The first-order chi connectivity index (χ1) is 12.3. The number of aryl methyl sites for hydroxylation is 1. The summed E-state index contributed by atoms with van der Waals surface area (Å²) in [4.78, 5) is 41.7. The predicted octanol–water partition coefficient (Wildman–Crippen LogP) is 0.622. The lowest BCUT2D eigenvalue weighted by molar-refractivity contribution is -0.137. The van der Waals surface area contributed by atoms with Crippen LogP contribution in [0.5, 0.6) is 0 Å². The second-order valence-corrected chi connectivity index (χ2v) is 7.00. The Kier molecular flexibility index (Phi) is 8.44. The van der Waals surface area contributed by atoms with Gasteiger partial charge in [-0.2, -0.15) is 0 Å². The number of carboxylic acids is 1. The molecule has 12 heteroatoms. The molecule has 27 heavy (non-hydrogen) atoms. The summed E-state index contributed by atoms with van der Waals surface area (Å²) >= 11 is 1.12. The molecule has 1 saturated heterocycles. The third-order valence-corrected chi connectivity index (χ3v) is 5.01. The van der Waals surface area contributed by atoms with Crippen LogP contribution < -0.4 is 16.4 Å². The van der Waals surface area contributed by atoms with E-state index in [0.29, 0.717) is 35.1 Å². The van der Waals surface area contributed by atoms with E-state index in [1.165, 1.54) is 0 Å². The maximum Gasteiger partial charge on any atom is 0.305 e. The lowest BCUT2D eigenvalue weighted by atomic mass is 9.97. The quantitative estimate of drug-likeness (QED) is 0.334. The number of hydrogen-bond donors (Lipinski definition) is 5. The van der Waals surface area contributed by atoms with Crippen LogP contribution in [0.1, 0.15) is 34.6 Å². The highest BCUT2D eigenvalue weighted by atomic mass is 35.5. The Hall–Kier alpha value is -2.40. The Morgan fingerprint density at radius 2 is 2.15 bits per heavy atom. The van der Waals surface area contributed by atoms with Crippen molar-refractivity contribution in [1.82, 2.24) is 15.2 Å². The summed E-state index contributed by atoms with van der Waals surface area (Å²) < 4.78 is 0. The van der Waals surface area contributed by atoms with Crippen molar-refractivity contribution in [3.63, 3.8) is 0 Å². The Balaban J connectivity index is 0.00000364. The van der Waals surface area contributed by atoms with Crippen LogP contribution in [-0.4, -0.2) is 58.4 Å². The minimum atomic E-state index is -0.971. The molecular weight excluding hydrogens is 396 g/mol. The second kappa shape index (κ2) is 10.1. The van der Waals surface area contributed by atoms with Gasteiger partial charge in [0.15, 0.2) is 11.1 Å². The van der Waals surface area contributed by atoms with Gasteiger partial charge in [0.2, 0.25) is 5.91 Å². The second-order valence-electron chi connectivity index (χ2n) is 6.00. The zero-order chi connectivity index (χ0) is 19.3. The van der Waals surface area contributed by atoms with Crippen LogP contribution in [0.3, 0.4) is 0 Å². The number of guanidine groups is 1. The highest BCUT2D eigenvalue weighted by Crippen LogP contribution is 2.26. The molecule has 1 unspecified atom stereocenters. The van der Waals surface area contributed by atoms with Crippen molar-refractivity contribution in [2.75, 3.05) is 25.0 Å².